The molecule has 0 aromatic rings. The molecule has 0 radical (unpaired) electrons. The molecule has 28 heavy (non-hydrogen) atoms. The van der Waals surface area contributed by atoms with Crippen molar-refractivity contribution in [2.45, 2.75) is 103 Å². The summed E-state index contributed by atoms with van der Waals surface area (Å²) in [5.74, 6) is 0.611. The monoisotopic (exact) mass is 396 g/mol. The van der Waals surface area contributed by atoms with Crippen LogP contribution >= 0.6 is 0 Å². The number of hydrogen-bond donors (Lipinski definition) is 3. The molecule has 2 rings (SSSR count). The summed E-state index contributed by atoms with van der Waals surface area (Å²) < 4.78 is 0. The predicted octanol–water partition coefficient (Wildman–Crippen LogP) is 2.60. The fraction of sp³-hybridized carbons (Fsp3) is 0.909. The van der Waals surface area contributed by atoms with E-state index in [0.29, 0.717) is 24.8 Å². The van der Waals surface area contributed by atoms with Gasteiger partial charge in [0.15, 0.2) is 0 Å². The van der Waals surface area contributed by atoms with E-state index in [4.69, 9.17) is 5.73 Å². The Morgan fingerprint density at radius 3 is 2.18 bits per heavy atom. The highest BCUT2D eigenvalue weighted by Gasteiger charge is 2.38. The zero-order valence-corrected chi connectivity index (χ0v) is 17.7. The molecule has 0 heterocycles. The lowest BCUT2D eigenvalue weighted by molar-refractivity contribution is -0.141. The fourth-order valence-corrected chi connectivity index (χ4v) is 4.47. The fourth-order valence-electron chi connectivity index (χ4n) is 4.47. The first-order chi connectivity index (χ1) is 13.3. The number of carbonyl (C=O) groups excluding carboxylic acids is 2. The number of rotatable bonds is 12. The minimum absolute atomic E-state index is 0.0286. The van der Waals surface area contributed by atoms with Crippen LogP contribution in [0.2, 0.25) is 0 Å². The van der Waals surface area contributed by atoms with E-state index >= 15 is 0 Å². The van der Waals surface area contributed by atoms with E-state index in [1.54, 1.807) is 4.90 Å². The summed E-state index contributed by atoms with van der Waals surface area (Å²) in [4.78, 5) is 25.9. The molecule has 2 aliphatic rings. The third-order valence-electron chi connectivity index (χ3n) is 6.26. The summed E-state index contributed by atoms with van der Waals surface area (Å²) in [7, 11) is 0. The van der Waals surface area contributed by atoms with Crippen molar-refractivity contribution in [2.75, 3.05) is 6.54 Å². The highest BCUT2D eigenvalue weighted by Crippen LogP contribution is 2.35. The van der Waals surface area contributed by atoms with Gasteiger partial charge in [-0.05, 0) is 43.4 Å². The van der Waals surface area contributed by atoms with Crippen LogP contribution in [0.25, 0.3) is 0 Å². The number of amides is 2. The second kappa shape index (κ2) is 11.1. The summed E-state index contributed by atoms with van der Waals surface area (Å²) in [6.07, 6.45) is 7.62. The number of nitrogens with two attached hydrogens (primary N) is 1. The Balaban J connectivity index is 2.16. The molecule has 0 spiro atoms. The Bertz CT molecular complexity index is 501. The molecule has 6 nitrogen and oxygen atoms in total. The average molecular weight is 397 g/mol. The van der Waals surface area contributed by atoms with Crippen molar-refractivity contribution in [3.05, 3.63) is 0 Å². The molecule has 0 bridgehead atoms. The quantitative estimate of drug-likeness (QED) is 0.472. The molecule has 0 unspecified atom stereocenters. The largest absolute Gasteiger partial charge is 0.390 e. The summed E-state index contributed by atoms with van der Waals surface area (Å²) in [5, 5.41) is 21.7. The summed E-state index contributed by atoms with van der Waals surface area (Å²) in [5.41, 5.74) is 5.24. The Labute approximate surface area is 169 Å². The first kappa shape index (κ1) is 23.1. The van der Waals surface area contributed by atoms with E-state index in [1.807, 2.05) is 13.8 Å². The van der Waals surface area contributed by atoms with Gasteiger partial charge in [0.05, 0.1) is 12.1 Å². The lowest BCUT2D eigenvalue weighted by Crippen LogP contribution is -2.53. The number of aliphatic hydroxyl groups excluding tert-OH is 2. The topological polar surface area (TPSA) is 104 Å². The minimum atomic E-state index is -0.958. The normalized spacial score (nSPS) is 21.3. The molecular weight excluding hydrogens is 356 g/mol. The van der Waals surface area contributed by atoms with Gasteiger partial charge in [-0.2, -0.15) is 0 Å². The number of nitrogens with zero attached hydrogens (tertiary/aromatic N) is 1. The Kier molecular flexibility index (Phi) is 9.22. The van der Waals surface area contributed by atoms with E-state index in [0.717, 1.165) is 32.1 Å². The first-order valence-corrected chi connectivity index (χ1v) is 11.2. The van der Waals surface area contributed by atoms with Crippen molar-refractivity contribution in [3.8, 4) is 0 Å². The second-order valence-corrected chi connectivity index (χ2v) is 9.45. The molecule has 0 saturated heterocycles. The maximum absolute atomic E-state index is 13.0. The minimum Gasteiger partial charge on any atom is -0.390 e. The maximum atomic E-state index is 13.0. The number of hydrogen-bond acceptors (Lipinski definition) is 4. The van der Waals surface area contributed by atoms with Crippen molar-refractivity contribution in [1.29, 1.82) is 0 Å². The molecular formula is C22H40N2O4. The smallest absolute Gasteiger partial charge is 0.223 e. The number of aliphatic hydroxyl groups is 2. The van der Waals surface area contributed by atoms with Gasteiger partial charge < -0.3 is 20.8 Å². The van der Waals surface area contributed by atoms with E-state index in [-0.39, 0.29) is 24.7 Å². The zero-order chi connectivity index (χ0) is 20.7. The van der Waals surface area contributed by atoms with Crippen LogP contribution in [0.4, 0.5) is 0 Å². The average Bonchev–Trinajstić information content (AvgIpc) is 3.46. The van der Waals surface area contributed by atoms with Crippen LogP contribution in [0.5, 0.6) is 0 Å². The molecule has 3 atom stereocenters. The Morgan fingerprint density at radius 2 is 1.64 bits per heavy atom. The van der Waals surface area contributed by atoms with Gasteiger partial charge in [0.1, 0.15) is 6.10 Å². The van der Waals surface area contributed by atoms with E-state index in [9.17, 15) is 19.8 Å². The van der Waals surface area contributed by atoms with Gasteiger partial charge >= 0.3 is 0 Å². The zero-order valence-electron chi connectivity index (χ0n) is 17.7. The Hall–Kier alpha value is -1.14. The van der Waals surface area contributed by atoms with Gasteiger partial charge in [0.2, 0.25) is 11.8 Å². The highest BCUT2D eigenvalue weighted by molar-refractivity contribution is 5.83. The van der Waals surface area contributed by atoms with Gasteiger partial charge in [0, 0.05) is 19.4 Å². The summed E-state index contributed by atoms with van der Waals surface area (Å²) in [6, 6.07) is -0.391. The highest BCUT2D eigenvalue weighted by atomic mass is 16.3. The first-order valence-electron chi connectivity index (χ1n) is 11.2. The van der Waals surface area contributed by atoms with Crippen LogP contribution in [0.1, 0.15) is 84.5 Å². The third-order valence-corrected chi connectivity index (χ3v) is 6.26. The molecule has 4 N–H and O–H groups in total. The molecule has 162 valence electrons. The molecule has 6 heteroatoms. The molecule has 2 aliphatic carbocycles. The molecule has 0 aromatic carbocycles. The van der Waals surface area contributed by atoms with Crippen molar-refractivity contribution in [3.63, 3.8) is 0 Å². The maximum Gasteiger partial charge on any atom is 0.223 e. The van der Waals surface area contributed by atoms with Crippen molar-refractivity contribution in [1.82, 2.24) is 4.90 Å². The molecule has 0 aromatic heterocycles. The Morgan fingerprint density at radius 1 is 1.00 bits per heavy atom. The van der Waals surface area contributed by atoms with Crippen LogP contribution in [0.3, 0.4) is 0 Å². The van der Waals surface area contributed by atoms with Crippen molar-refractivity contribution >= 4 is 11.8 Å². The summed E-state index contributed by atoms with van der Waals surface area (Å²) in [6.45, 7) is 4.65. The van der Waals surface area contributed by atoms with Gasteiger partial charge in [-0.25, -0.2) is 0 Å². The molecule has 2 saturated carbocycles. The van der Waals surface area contributed by atoms with Crippen LogP contribution < -0.4 is 5.73 Å². The van der Waals surface area contributed by atoms with Gasteiger partial charge in [-0.15, -0.1) is 0 Å². The van der Waals surface area contributed by atoms with E-state index in [2.05, 4.69) is 0 Å². The molecule has 0 aliphatic heterocycles. The number of primary amides is 1. The van der Waals surface area contributed by atoms with Crippen LogP contribution in [-0.4, -0.2) is 51.7 Å². The van der Waals surface area contributed by atoms with Crippen molar-refractivity contribution in [2.24, 2.45) is 23.5 Å². The van der Waals surface area contributed by atoms with E-state index in [1.165, 1.54) is 19.3 Å². The van der Waals surface area contributed by atoms with Gasteiger partial charge in [0.25, 0.3) is 0 Å². The SMILES string of the molecule is CC(C)C[C@H](O)[C@H](O)[C@H](CC1CCCCC1)N(CC1CC1)C(=O)CCC(N)=O. The van der Waals surface area contributed by atoms with Crippen LogP contribution in [0, 0.1) is 17.8 Å². The standard InChI is InChI=1S/C22H40N2O4/c1-15(2)12-19(25)22(28)18(13-16-6-4-3-5-7-16)24(14-17-8-9-17)21(27)11-10-20(23)26/h15-19,22,25,28H,3-14H2,1-2H3,(H2,23,26)/t18-,19-,22+/m0/s1. The summed E-state index contributed by atoms with van der Waals surface area (Å²) >= 11 is 0. The van der Waals surface area contributed by atoms with Crippen molar-refractivity contribution < 1.29 is 19.8 Å². The predicted molar refractivity (Wildman–Crippen MR) is 109 cm³/mol. The lowest BCUT2D eigenvalue weighted by atomic mass is 9.81. The van der Waals surface area contributed by atoms with Crippen LogP contribution in [-0.2, 0) is 9.59 Å². The van der Waals surface area contributed by atoms with Gasteiger partial charge in [-0.1, -0.05) is 46.0 Å². The molecule has 2 amide bonds. The molecule has 2 fully saturated rings. The number of carbonyl (C=O) groups is 2. The van der Waals surface area contributed by atoms with Gasteiger partial charge in [-0.3, -0.25) is 9.59 Å². The van der Waals surface area contributed by atoms with Crippen LogP contribution in [0.15, 0.2) is 0 Å². The van der Waals surface area contributed by atoms with E-state index < -0.39 is 24.2 Å². The third kappa shape index (κ3) is 7.70. The second-order valence-electron chi connectivity index (χ2n) is 9.45. The lowest BCUT2D eigenvalue weighted by Gasteiger charge is -2.40.